The lowest BCUT2D eigenvalue weighted by atomic mass is 9.99. The highest BCUT2D eigenvalue weighted by atomic mass is 19.1. The maximum absolute atomic E-state index is 14.8. The van der Waals surface area contributed by atoms with Gasteiger partial charge in [0.25, 0.3) is 5.91 Å². The zero-order chi connectivity index (χ0) is 31.0. The van der Waals surface area contributed by atoms with E-state index in [-0.39, 0.29) is 41.9 Å². The van der Waals surface area contributed by atoms with Gasteiger partial charge in [0.05, 0.1) is 17.3 Å². The van der Waals surface area contributed by atoms with Gasteiger partial charge in [0.2, 0.25) is 5.78 Å². The summed E-state index contributed by atoms with van der Waals surface area (Å²) >= 11 is 0. The Bertz CT molecular complexity index is 1690. The highest BCUT2D eigenvalue weighted by Gasteiger charge is 2.31. The number of amides is 1. The highest BCUT2D eigenvalue weighted by molar-refractivity contribution is 6.42. The number of aryl methyl sites for hydroxylation is 1. The summed E-state index contributed by atoms with van der Waals surface area (Å²) in [6, 6.07) is 15.1. The molecule has 0 saturated carbocycles. The summed E-state index contributed by atoms with van der Waals surface area (Å²) in [4.78, 5) is 28.6. The van der Waals surface area contributed by atoms with Crippen LogP contribution in [0, 0.1) is 12.7 Å². The first-order valence-electron chi connectivity index (χ1n) is 15.1. The number of carbonyl (C=O) groups excluding carboxylic acids is 2. The van der Waals surface area contributed by atoms with Gasteiger partial charge in [-0.25, -0.2) is 4.39 Å². The summed E-state index contributed by atoms with van der Waals surface area (Å²) in [5.41, 5.74) is 4.35. The maximum Gasteiger partial charge on any atom is 0.292 e. The van der Waals surface area contributed by atoms with Gasteiger partial charge in [-0.1, -0.05) is 36.4 Å². The van der Waals surface area contributed by atoms with Crippen LogP contribution in [0.4, 0.5) is 4.39 Å². The average molecular weight is 601 g/mol. The van der Waals surface area contributed by atoms with Crippen molar-refractivity contribution in [3.8, 4) is 22.6 Å². The topological polar surface area (TPSA) is 106 Å². The van der Waals surface area contributed by atoms with Crippen molar-refractivity contribution in [3.05, 3.63) is 77.2 Å². The van der Waals surface area contributed by atoms with Crippen molar-refractivity contribution in [1.82, 2.24) is 20.0 Å². The highest BCUT2D eigenvalue weighted by Crippen LogP contribution is 2.36. The Labute approximate surface area is 255 Å². The van der Waals surface area contributed by atoms with Crippen LogP contribution >= 0.6 is 0 Å². The minimum atomic E-state index is -1.28. The van der Waals surface area contributed by atoms with E-state index in [4.69, 9.17) is 9.47 Å². The van der Waals surface area contributed by atoms with E-state index >= 15 is 0 Å². The third-order valence-electron chi connectivity index (χ3n) is 8.38. The second-order valence-electron chi connectivity index (χ2n) is 11.8. The molecule has 0 radical (unpaired) electrons. The average Bonchev–Trinajstić information content (AvgIpc) is 3.67. The van der Waals surface area contributed by atoms with Gasteiger partial charge in [0, 0.05) is 23.5 Å². The number of aliphatic hydroxyl groups is 1. The number of likely N-dealkylation sites (tertiary alicyclic amines) is 1. The normalized spacial score (nSPS) is 16.3. The number of nitrogens with one attached hydrogen (secondary N) is 1. The van der Waals surface area contributed by atoms with Crippen LogP contribution in [-0.4, -0.2) is 70.4 Å². The molecule has 2 aliphatic rings. The van der Waals surface area contributed by atoms with E-state index in [0.29, 0.717) is 6.54 Å². The number of benzene rings is 3. The number of hydrogen-bond donors (Lipinski definition) is 2. The first-order chi connectivity index (χ1) is 21.2. The molecule has 9 nitrogen and oxygen atoms in total. The van der Waals surface area contributed by atoms with E-state index in [0.717, 1.165) is 53.7 Å². The van der Waals surface area contributed by atoms with Gasteiger partial charge >= 0.3 is 0 Å². The van der Waals surface area contributed by atoms with Crippen molar-refractivity contribution in [2.75, 3.05) is 32.8 Å². The summed E-state index contributed by atoms with van der Waals surface area (Å²) in [5, 5.41) is 19.8. The van der Waals surface area contributed by atoms with Gasteiger partial charge in [-0.3, -0.25) is 14.3 Å². The van der Waals surface area contributed by atoms with Crippen molar-refractivity contribution in [2.45, 2.75) is 51.8 Å². The van der Waals surface area contributed by atoms with E-state index < -0.39 is 29.7 Å². The fraction of sp³-hybridized carbons (Fsp3) is 0.382. The van der Waals surface area contributed by atoms with E-state index in [1.165, 1.54) is 12.1 Å². The van der Waals surface area contributed by atoms with Gasteiger partial charge < -0.3 is 24.8 Å². The van der Waals surface area contributed by atoms with Gasteiger partial charge in [0.15, 0.2) is 17.3 Å². The standard InChI is InChI=1S/C34H37FN4O5/c1-20(2)39-29-17-24(10-11-26(29)21(3)37-39)22-6-8-23(9-7-22)32(41)34(42)36-28(19-38-12-4-5-13-38)31(40)25-16-27(35)33-30(18-25)43-14-15-44-33/h6-11,16-18,20,28,31,40H,4-5,12-15,19H2,1-3H3,(H,36,42)/t28-,31+/m1/s1. The lowest BCUT2D eigenvalue weighted by Gasteiger charge is -2.29. The molecule has 0 aliphatic carbocycles. The minimum Gasteiger partial charge on any atom is -0.486 e. The Morgan fingerprint density at radius 3 is 2.43 bits per heavy atom. The molecule has 0 bridgehead atoms. The quantitative estimate of drug-likeness (QED) is 0.206. The third kappa shape index (κ3) is 5.92. The molecular formula is C34H37FN4O5. The first kappa shape index (κ1) is 29.8. The molecule has 2 atom stereocenters. The van der Waals surface area contributed by atoms with Crippen molar-refractivity contribution in [2.24, 2.45) is 0 Å². The second kappa shape index (κ2) is 12.4. The van der Waals surface area contributed by atoms with Crippen LogP contribution in [-0.2, 0) is 4.79 Å². The lowest BCUT2D eigenvalue weighted by Crippen LogP contribution is -2.48. The van der Waals surface area contributed by atoms with Crippen molar-refractivity contribution < 1.29 is 28.6 Å². The molecule has 2 N–H and O–H groups in total. The zero-order valence-corrected chi connectivity index (χ0v) is 25.2. The molecule has 44 heavy (non-hydrogen) atoms. The van der Waals surface area contributed by atoms with E-state index in [9.17, 15) is 19.1 Å². The van der Waals surface area contributed by atoms with E-state index in [2.05, 4.69) is 41.3 Å². The molecule has 6 rings (SSSR count). The van der Waals surface area contributed by atoms with E-state index in [1.54, 1.807) is 12.1 Å². The Balaban J connectivity index is 1.20. The number of ether oxygens (including phenoxy) is 2. The molecule has 4 aromatic rings. The summed E-state index contributed by atoms with van der Waals surface area (Å²) in [6.45, 7) is 8.62. The number of ketones is 1. The zero-order valence-electron chi connectivity index (χ0n) is 25.2. The smallest absolute Gasteiger partial charge is 0.292 e. The number of aliphatic hydroxyl groups excluding tert-OH is 1. The van der Waals surface area contributed by atoms with Crippen molar-refractivity contribution in [1.29, 1.82) is 0 Å². The Kier molecular flexibility index (Phi) is 8.38. The molecule has 1 amide bonds. The molecule has 1 fully saturated rings. The number of carbonyl (C=O) groups is 2. The largest absolute Gasteiger partial charge is 0.486 e. The molecule has 2 aliphatic heterocycles. The molecular weight excluding hydrogens is 563 g/mol. The fourth-order valence-electron chi connectivity index (χ4n) is 6.05. The van der Waals surface area contributed by atoms with Crippen LogP contribution in [0.5, 0.6) is 11.5 Å². The number of fused-ring (bicyclic) bond motifs is 2. The molecule has 230 valence electrons. The van der Waals surface area contributed by atoms with Crippen molar-refractivity contribution >= 4 is 22.6 Å². The van der Waals surface area contributed by atoms with Crippen molar-refractivity contribution in [3.63, 3.8) is 0 Å². The first-order valence-corrected chi connectivity index (χ1v) is 15.1. The second-order valence-corrected chi connectivity index (χ2v) is 11.8. The number of Topliss-reactive ketones (excluding diaryl/α,β-unsaturated/α-hetero) is 1. The molecule has 10 heteroatoms. The Hall–Kier alpha value is -4.28. The number of rotatable bonds is 9. The predicted molar refractivity (Wildman–Crippen MR) is 165 cm³/mol. The number of halogens is 1. The number of aromatic nitrogens is 2. The summed E-state index contributed by atoms with van der Waals surface area (Å²) < 4.78 is 27.7. The molecule has 0 spiro atoms. The monoisotopic (exact) mass is 600 g/mol. The van der Waals surface area contributed by atoms with Crippen LogP contribution in [0.3, 0.4) is 0 Å². The van der Waals surface area contributed by atoms with Crippen LogP contribution in [0.2, 0.25) is 0 Å². The maximum atomic E-state index is 14.8. The SMILES string of the molecule is Cc1nn(C(C)C)c2cc(-c3ccc(C(=O)C(=O)N[C@H](CN4CCCC4)[C@@H](O)c4cc(F)c5c(c4)OCCO5)cc3)ccc12. The Morgan fingerprint density at radius 1 is 1.00 bits per heavy atom. The lowest BCUT2D eigenvalue weighted by molar-refractivity contribution is -0.118. The predicted octanol–water partition coefficient (Wildman–Crippen LogP) is 5.00. The van der Waals surface area contributed by atoms with Crippen LogP contribution in [0.15, 0.2) is 54.6 Å². The van der Waals surface area contributed by atoms with Gasteiger partial charge in [-0.2, -0.15) is 5.10 Å². The molecule has 3 heterocycles. The molecule has 1 aromatic heterocycles. The molecule has 0 unspecified atom stereocenters. The summed E-state index contributed by atoms with van der Waals surface area (Å²) in [7, 11) is 0. The molecule has 3 aromatic carbocycles. The Morgan fingerprint density at radius 2 is 1.70 bits per heavy atom. The van der Waals surface area contributed by atoms with Gasteiger partial charge in [-0.05, 0) is 81.6 Å². The van der Waals surface area contributed by atoms with Gasteiger partial charge in [0.1, 0.15) is 19.3 Å². The number of nitrogens with zero attached hydrogens (tertiary/aromatic N) is 3. The van der Waals surface area contributed by atoms with E-state index in [1.807, 2.05) is 29.8 Å². The summed E-state index contributed by atoms with van der Waals surface area (Å²) in [5.74, 6) is -1.99. The van der Waals surface area contributed by atoms with Crippen LogP contribution < -0.4 is 14.8 Å². The molecule has 1 saturated heterocycles. The summed E-state index contributed by atoms with van der Waals surface area (Å²) in [6.07, 6.45) is 0.734. The van der Waals surface area contributed by atoms with Crippen LogP contribution in [0.1, 0.15) is 60.5 Å². The third-order valence-corrected chi connectivity index (χ3v) is 8.38. The fourth-order valence-corrected chi connectivity index (χ4v) is 6.05. The van der Waals surface area contributed by atoms with Crippen LogP contribution in [0.25, 0.3) is 22.0 Å². The number of hydrogen-bond acceptors (Lipinski definition) is 7. The minimum absolute atomic E-state index is 0.00605. The van der Waals surface area contributed by atoms with Gasteiger partial charge in [-0.15, -0.1) is 0 Å².